The average molecular weight is 381 g/mol. The fraction of sp³-hybridized carbons (Fsp3) is 0.318. The number of amides is 1. The van der Waals surface area contributed by atoms with E-state index in [9.17, 15) is 14.4 Å². The van der Waals surface area contributed by atoms with Gasteiger partial charge >= 0.3 is 11.9 Å². The summed E-state index contributed by atoms with van der Waals surface area (Å²) >= 11 is 0. The molecule has 1 atom stereocenters. The van der Waals surface area contributed by atoms with Crippen LogP contribution >= 0.6 is 0 Å². The van der Waals surface area contributed by atoms with Crippen molar-refractivity contribution in [3.8, 4) is 0 Å². The van der Waals surface area contributed by atoms with E-state index in [4.69, 9.17) is 9.47 Å². The van der Waals surface area contributed by atoms with E-state index >= 15 is 0 Å². The molecule has 0 saturated carbocycles. The lowest BCUT2D eigenvalue weighted by molar-refractivity contribution is -0.164. The van der Waals surface area contributed by atoms with Gasteiger partial charge in [0.1, 0.15) is 0 Å². The number of esters is 2. The fourth-order valence-corrected chi connectivity index (χ4v) is 3.50. The molecular formula is C22H23NO5. The van der Waals surface area contributed by atoms with Gasteiger partial charge in [-0.1, -0.05) is 48.5 Å². The van der Waals surface area contributed by atoms with Crippen molar-refractivity contribution in [3.05, 3.63) is 65.7 Å². The summed E-state index contributed by atoms with van der Waals surface area (Å²) in [4.78, 5) is 40.1. The van der Waals surface area contributed by atoms with Gasteiger partial charge in [-0.25, -0.2) is 0 Å². The zero-order valence-corrected chi connectivity index (χ0v) is 16.0. The van der Waals surface area contributed by atoms with E-state index in [0.29, 0.717) is 17.8 Å². The number of anilines is 1. The number of para-hydroxylation sites is 1. The molecule has 0 N–H and O–H groups in total. The summed E-state index contributed by atoms with van der Waals surface area (Å²) in [5.74, 6) is -4.07. The second kappa shape index (κ2) is 8.69. The Bertz CT molecular complexity index is 846. The molecule has 3 rings (SSSR count). The lowest BCUT2D eigenvalue weighted by Gasteiger charge is -2.21. The molecule has 1 aliphatic heterocycles. The van der Waals surface area contributed by atoms with Gasteiger partial charge in [0.25, 0.3) is 0 Å². The Balaban J connectivity index is 2.01. The zero-order chi connectivity index (χ0) is 20.1. The maximum atomic E-state index is 13.3. The molecule has 28 heavy (non-hydrogen) atoms. The first-order valence-corrected chi connectivity index (χ1v) is 9.36. The lowest BCUT2D eigenvalue weighted by Crippen LogP contribution is -2.39. The summed E-state index contributed by atoms with van der Waals surface area (Å²) in [6, 6.07) is 16.8. The summed E-state index contributed by atoms with van der Waals surface area (Å²) in [6.45, 7) is 3.90. The molecule has 0 spiro atoms. The number of carbonyl (C=O) groups excluding carboxylic acids is 3. The van der Waals surface area contributed by atoms with Crippen LogP contribution in [0.3, 0.4) is 0 Å². The Morgan fingerprint density at radius 1 is 0.929 bits per heavy atom. The second-order valence-electron chi connectivity index (χ2n) is 6.43. The van der Waals surface area contributed by atoms with Gasteiger partial charge in [0.15, 0.2) is 5.92 Å². The Hall–Kier alpha value is -3.15. The molecule has 146 valence electrons. The Morgan fingerprint density at radius 3 is 2.11 bits per heavy atom. The Kier molecular flexibility index (Phi) is 6.09. The minimum Gasteiger partial charge on any atom is -0.465 e. The van der Waals surface area contributed by atoms with Crippen molar-refractivity contribution in [2.45, 2.75) is 26.3 Å². The third kappa shape index (κ3) is 3.76. The molecule has 1 unspecified atom stereocenters. The minimum absolute atomic E-state index is 0.116. The molecule has 6 heteroatoms. The van der Waals surface area contributed by atoms with E-state index in [1.54, 1.807) is 30.9 Å². The predicted octanol–water partition coefficient (Wildman–Crippen LogP) is 3.06. The third-order valence-corrected chi connectivity index (χ3v) is 4.69. The normalized spacial score (nSPS) is 15.5. The van der Waals surface area contributed by atoms with E-state index in [1.165, 1.54) is 0 Å². The van der Waals surface area contributed by atoms with Crippen LogP contribution in [0.25, 0.3) is 0 Å². The van der Waals surface area contributed by atoms with Crippen LogP contribution in [0.15, 0.2) is 54.6 Å². The maximum absolute atomic E-state index is 13.3. The average Bonchev–Trinajstić information content (AvgIpc) is 2.96. The van der Waals surface area contributed by atoms with E-state index in [-0.39, 0.29) is 19.1 Å². The quantitative estimate of drug-likeness (QED) is 0.544. The van der Waals surface area contributed by atoms with Gasteiger partial charge in [-0.3, -0.25) is 14.4 Å². The first kappa shape index (κ1) is 19.6. The third-order valence-electron chi connectivity index (χ3n) is 4.69. The molecule has 1 aliphatic rings. The molecule has 1 heterocycles. The molecule has 1 amide bonds. The molecule has 2 aromatic rings. The van der Waals surface area contributed by atoms with Crippen molar-refractivity contribution in [2.24, 2.45) is 5.92 Å². The van der Waals surface area contributed by atoms with Crippen LogP contribution < -0.4 is 4.90 Å². The van der Waals surface area contributed by atoms with Gasteiger partial charge in [-0.05, 0) is 31.0 Å². The SMILES string of the molecule is CCOC(=O)C(C(=O)OCC)C1C(=O)N(Cc2ccccc2)c2ccccc21. The Morgan fingerprint density at radius 2 is 1.50 bits per heavy atom. The molecule has 0 radical (unpaired) electrons. The predicted molar refractivity (Wildman–Crippen MR) is 104 cm³/mol. The summed E-state index contributed by atoms with van der Waals surface area (Å²) in [5, 5.41) is 0. The first-order chi connectivity index (χ1) is 13.6. The monoisotopic (exact) mass is 381 g/mol. The molecule has 6 nitrogen and oxygen atoms in total. The summed E-state index contributed by atoms with van der Waals surface area (Å²) in [5.41, 5.74) is 2.28. The van der Waals surface area contributed by atoms with E-state index in [1.807, 2.05) is 42.5 Å². The molecule has 0 fully saturated rings. The number of hydrogen-bond donors (Lipinski definition) is 0. The Labute approximate surface area is 164 Å². The van der Waals surface area contributed by atoms with Crippen LogP contribution in [0.4, 0.5) is 5.69 Å². The van der Waals surface area contributed by atoms with Crippen molar-refractivity contribution in [1.82, 2.24) is 0 Å². The fourth-order valence-electron chi connectivity index (χ4n) is 3.50. The van der Waals surface area contributed by atoms with E-state index < -0.39 is 23.8 Å². The van der Waals surface area contributed by atoms with Gasteiger partial charge in [-0.15, -0.1) is 0 Å². The number of fused-ring (bicyclic) bond motifs is 1. The molecular weight excluding hydrogens is 358 g/mol. The van der Waals surface area contributed by atoms with Gasteiger partial charge < -0.3 is 14.4 Å². The highest BCUT2D eigenvalue weighted by atomic mass is 16.6. The van der Waals surface area contributed by atoms with Crippen molar-refractivity contribution in [2.75, 3.05) is 18.1 Å². The van der Waals surface area contributed by atoms with E-state index in [2.05, 4.69) is 0 Å². The number of rotatable bonds is 7. The van der Waals surface area contributed by atoms with Crippen LogP contribution in [0.2, 0.25) is 0 Å². The molecule has 0 aliphatic carbocycles. The highest BCUT2D eigenvalue weighted by Crippen LogP contribution is 2.43. The van der Waals surface area contributed by atoms with Crippen molar-refractivity contribution in [3.63, 3.8) is 0 Å². The lowest BCUT2D eigenvalue weighted by atomic mass is 9.87. The van der Waals surface area contributed by atoms with Crippen LogP contribution in [0.5, 0.6) is 0 Å². The summed E-state index contributed by atoms with van der Waals surface area (Å²) < 4.78 is 10.2. The van der Waals surface area contributed by atoms with E-state index in [0.717, 1.165) is 5.56 Å². The van der Waals surface area contributed by atoms with Gasteiger partial charge in [0, 0.05) is 5.69 Å². The smallest absolute Gasteiger partial charge is 0.321 e. The van der Waals surface area contributed by atoms with Gasteiger partial charge in [0.05, 0.1) is 25.7 Å². The molecule has 0 saturated heterocycles. The number of ether oxygens (including phenoxy) is 2. The number of carbonyl (C=O) groups is 3. The molecule has 0 aromatic heterocycles. The largest absolute Gasteiger partial charge is 0.465 e. The molecule has 0 bridgehead atoms. The zero-order valence-electron chi connectivity index (χ0n) is 16.0. The first-order valence-electron chi connectivity index (χ1n) is 9.36. The van der Waals surface area contributed by atoms with Gasteiger partial charge in [-0.2, -0.15) is 0 Å². The summed E-state index contributed by atoms with van der Waals surface area (Å²) in [6.07, 6.45) is 0. The van der Waals surface area contributed by atoms with Crippen LogP contribution in [0.1, 0.15) is 30.9 Å². The van der Waals surface area contributed by atoms with Crippen LogP contribution in [0, 0.1) is 5.92 Å². The van der Waals surface area contributed by atoms with Crippen molar-refractivity contribution >= 4 is 23.5 Å². The number of hydrogen-bond acceptors (Lipinski definition) is 5. The van der Waals surface area contributed by atoms with Crippen molar-refractivity contribution < 1.29 is 23.9 Å². The molecule has 2 aromatic carbocycles. The van der Waals surface area contributed by atoms with Crippen molar-refractivity contribution in [1.29, 1.82) is 0 Å². The topological polar surface area (TPSA) is 72.9 Å². The number of nitrogens with zero attached hydrogens (tertiary/aromatic N) is 1. The number of benzene rings is 2. The van der Waals surface area contributed by atoms with Crippen LogP contribution in [-0.4, -0.2) is 31.1 Å². The van der Waals surface area contributed by atoms with Crippen LogP contribution in [-0.2, 0) is 30.4 Å². The second-order valence-corrected chi connectivity index (χ2v) is 6.43. The standard InChI is InChI=1S/C22H23NO5/c1-3-27-21(25)19(22(26)28-4-2)18-16-12-8-9-13-17(16)23(20(18)24)14-15-10-6-5-7-11-15/h5-13,18-19H,3-4,14H2,1-2H3. The highest BCUT2D eigenvalue weighted by Gasteiger charge is 2.49. The maximum Gasteiger partial charge on any atom is 0.321 e. The minimum atomic E-state index is -1.32. The van der Waals surface area contributed by atoms with Gasteiger partial charge in [0.2, 0.25) is 5.91 Å². The highest BCUT2D eigenvalue weighted by molar-refractivity contribution is 6.11. The summed E-state index contributed by atoms with van der Waals surface area (Å²) in [7, 11) is 0.